The fraction of sp³-hybridized carbons (Fsp3) is 0.357. The van der Waals surface area contributed by atoms with Gasteiger partial charge in [0.2, 0.25) is 0 Å². The van der Waals surface area contributed by atoms with Crippen LogP contribution in [0, 0.1) is 0 Å². The van der Waals surface area contributed by atoms with Gasteiger partial charge in [0.25, 0.3) is 0 Å². The van der Waals surface area contributed by atoms with Crippen molar-refractivity contribution in [3.05, 3.63) is 47.8 Å². The topological polar surface area (TPSA) is 39.1 Å². The lowest BCUT2D eigenvalue weighted by Gasteiger charge is -2.13. The van der Waals surface area contributed by atoms with Gasteiger partial charge in [-0.2, -0.15) is 18.3 Å². The summed E-state index contributed by atoms with van der Waals surface area (Å²) in [6.07, 6.45) is -0.806. The molecule has 1 aromatic carbocycles. The molecule has 0 atom stereocenters. The number of benzene rings is 1. The molecule has 114 valence electrons. The van der Waals surface area contributed by atoms with Crippen molar-refractivity contribution in [3.8, 4) is 5.75 Å². The van der Waals surface area contributed by atoms with Gasteiger partial charge in [0, 0.05) is 31.9 Å². The zero-order chi connectivity index (χ0) is 15.3. The number of aryl methyl sites for hydroxylation is 1. The molecular weight excluding hydrogens is 283 g/mol. The van der Waals surface area contributed by atoms with E-state index in [0.717, 1.165) is 11.6 Å². The molecule has 2 rings (SSSR count). The van der Waals surface area contributed by atoms with Crippen molar-refractivity contribution in [2.45, 2.75) is 12.7 Å². The van der Waals surface area contributed by atoms with Gasteiger partial charge >= 0.3 is 6.18 Å². The number of aromatic nitrogens is 2. The highest BCUT2D eigenvalue weighted by molar-refractivity contribution is 5.35. The summed E-state index contributed by atoms with van der Waals surface area (Å²) in [5, 5.41) is 7.11. The number of ether oxygens (including phenoxy) is 1. The second kappa shape index (κ2) is 6.62. The number of nitrogens with one attached hydrogen (secondary N) is 1. The lowest BCUT2D eigenvalue weighted by Crippen LogP contribution is -2.21. The largest absolute Gasteiger partial charge is 0.492 e. The summed E-state index contributed by atoms with van der Waals surface area (Å²) in [7, 11) is 1.82. The molecule has 0 aliphatic rings. The third-order valence-electron chi connectivity index (χ3n) is 2.82. The van der Waals surface area contributed by atoms with Crippen molar-refractivity contribution in [3.63, 3.8) is 0 Å². The Bertz CT molecular complexity index is 581. The van der Waals surface area contributed by atoms with Crippen LogP contribution in [0.2, 0.25) is 0 Å². The Morgan fingerprint density at radius 1 is 1.29 bits per heavy atom. The predicted octanol–water partition coefficient (Wildman–Crippen LogP) is 2.61. The molecule has 0 saturated heterocycles. The molecule has 0 aliphatic carbocycles. The maximum atomic E-state index is 12.7. The number of nitrogens with zero attached hydrogens (tertiary/aromatic N) is 2. The summed E-state index contributed by atoms with van der Waals surface area (Å²) < 4.78 is 45.1. The molecule has 4 nitrogen and oxygen atoms in total. The molecule has 0 aliphatic heterocycles. The normalized spacial score (nSPS) is 11.6. The average Bonchev–Trinajstić information content (AvgIpc) is 2.83. The molecule has 0 spiro atoms. The molecule has 0 amide bonds. The van der Waals surface area contributed by atoms with Gasteiger partial charge in [0.15, 0.2) is 0 Å². The molecular formula is C14H16F3N3O. The van der Waals surface area contributed by atoms with E-state index in [9.17, 15) is 13.2 Å². The van der Waals surface area contributed by atoms with Crippen LogP contribution in [0.5, 0.6) is 5.75 Å². The molecule has 2 aromatic rings. The maximum absolute atomic E-state index is 12.7. The molecule has 0 bridgehead atoms. The number of hydrogen-bond donors (Lipinski definition) is 1. The van der Waals surface area contributed by atoms with Crippen molar-refractivity contribution < 1.29 is 17.9 Å². The van der Waals surface area contributed by atoms with Crippen molar-refractivity contribution in [1.82, 2.24) is 15.1 Å². The minimum Gasteiger partial charge on any atom is -0.492 e. The molecule has 1 N–H and O–H groups in total. The first-order valence-electron chi connectivity index (χ1n) is 6.44. The summed E-state index contributed by atoms with van der Waals surface area (Å²) in [6, 6.07) is 5.20. The number of hydrogen-bond acceptors (Lipinski definition) is 3. The second-order valence-corrected chi connectivity index (χ2v) is 4.54. The van der Waals surface area contributed by atoms with Crippen LogP contribution in [0.4, 0.5) is 13.2 Å². The monoisotopic (exact) mass is 299 g/mol. The van der Waals surface area contributed by atoms with E-state index in [-0.39, 0.29) is 12.4 Å². The van der Waals surface area contributed by atoms with Crippen LogP contribution in [0.25, 0.3) is 0 Å². The van der Waals surface area contributed by atoms with E-state index in [2.05, 4.69) is 10.4 Å². The molecule has 7 heteroatoms. The fourth-order valence-electron chi connectivity index (χ4n) is 1.86. The van der Waals surface area contributed by atoms with E-state index >= 15 is 0 Å². The maximum Gasteiger partial charge on any atom is 0.419 e. The Hall–Kier alpha value is -2.02. The third kappa shape index (κ3) is 4.49. The van der Waals surface area contributed by atoms with Gasteiger partial charge in [-0.05, 0) is 12.1 Å². The highest BCUT2D eigenvalue weighted by Crippen LogP contribution is 2.35. The molecule has 21 heavy (non-hydrogen) atoms. The van der Waals surface area contributed by atoms with Crippen LogP contribution in [-0.2, 0) is 19.8 Å². The summed E-state index contributed by atoms with van der Waals surface area (Å²) in [6.45, 7) is 1.20. The Morgan fingerprint density at radius 3 is 2.71 bits per heavy atom. The predicted molar refractivity (Wildman–Crippen MR) is 71.9 cm³/mol. The van der Waals surface area contributed by atoms with Crippen molar-refractivity contribution in [1.29, 1.82) is 0 Å². The van der Waals surface area contributed by atoms with Crippen molar-refractivity contribution >= 4 is 0 Å². The van der Waals surface area contributed by atoms with Gasteiger partial charge in [-0.1, -0.05) is 12.1 Å². The van der Waals surface area contributed by atoms with E-state index in [1.54, 1.807) is 10.9 Å². The molecule has 0 saturated carbocycles. The minimum absolute atomic E-state index is 0.145. The van der Waals surface area contributed by atoms with Crippen LogP contribution in [0.15, 0.2) is 36.7 Å². The molecule has 0 unspecified atom stereocenters. The number of alkyl halides is 3. The average molecular weight is 299 g/mol. The minimum atomic E-state index is -4.40. The zero-order valence-corrected chi connectivity index (χ0v) is 11.5. The van der Waals surface area contributed by atoms with E-state index in [4.69, 9.17) is 4.74 Å². The first-order valence-corrected chi connectivity index (χ1v) is 6.44. The second-order valence-electron chi connectivity index (χ2n) is 4.54. The van der Waals surface area contributed by atoms with E-state index < -0.39 is 11.7 Å². The Kier molecular flexibility index (Phi) is 4.85. The van der Waals surface area contributed by atoms with Gasteiger partial charge in [0.05, 0.1) is 11.8 Å². The summed E-state index contributed by atoms with van der Waals surface area (Å²) >= 11 is 0. The van der Waals surface area contributed by atoms with E-state index in [1.165, 1.54) is 18.2 Å². The quantitative estimate of drug-likeness (QED) is 0.833. The smallest absolute Gasteiger partial charge is 0.419 e. The van der Waals surface area contributed by atoms with E-state index in [1.807, 2.05) is 13.2 Å². The standard InChI is InChI=1S/C14H16F3N3O/c1-20-10-11(9-19-20)8-18-6-7-21-13-5-3-2-4-12(13)14(15,16)17/h2-5,9-10,18H,6-8H2,1H3. The van der Waals surface area contributed by atoms with Crippen molar-refractivity contribution in [2.24, 2.45) is 7.05 Å². The van der Waals surface area contributed by atoms with Crippen LogP contribution in [0.1, 0.15) is 11.1 Å². The van der Waals surface area contributed by atoms with Gasteiger partial charge in [-0.25, -0.2) is 0 Å². The Labute approximate surface area is 120 Å². The Morgan fingerprint density at radius 2 is 2.05 bits per heavy atom. The summed E-state index contributed by atoms with van der Waals surface area (Å²) in [5.41, 5.74) is 0.255. The SMILES string of the molecule is Cn1cc(CNCCOc2ccccc2C(F)(F)F)cn1. The summed E-state index contributed by atoms with van der Waals surface area (Å²) in [5.74, 6) is -0.145. The number of rotatable bonds is 6. The molecule has 1 heterocycles. The van der Waals surface area contributed by atoms with Crippen LogP contribution >= 0.6 is 0 Å². The lowest BCUT2D eigenvalue weighted by molar-refractivity contribution is -0.138. The molecule has 0 radical (unpaired) electrons. The summed E-state index contributed by atoms with van der Waals surface area (Å²) in [4.78, 5) is 0. The molecule has 1 aromatic heterocycles. The first-order chi connectivity index (χ1) is 9.97. The van der Waals surface area contributed by atoms with Gasteiger partial charge < -0.3 is 10.1 Å². The first kappa shape index (κ1) is 15.4. The zero-order valence-electron chi connectivity index (χ0n) is 11.5. The van der Waals surface area contributed by atoms with Crippen LogP contribution < -0.4 is 10.1 Å². The highest BCUT2D eigenvalue weighted by atomic mass is 19.4. The Balaban J connectivity index is 1.79. The van der Waals surface area contributed by atoms with Gasteiger partial charge in [0.1, 0.15) is 12.4 Å². The third-order valence-corrected chi connectivity index (χ3v) is 2.82. The van der Waals surface area contributed by atoms with Crippen LogP contribution in [0.3, 0.4) is 0 Å². The van der Waals surface area contributed by atoms with Gasteiger partial charge in [-0.3, -0.25) is 4.68 Å². The van der Waals surface area contributed by atoms with Crippen LogP contribution in [-0.4, -0.2) is 22.9 Å². The highest BCUT2D eigenvalue weighted by Gasteiger charge is 2.33. The fourth-order valence-corrected chi connectivity index (χ4v) is 1.86. The van der Waals surface area contributed by atoms with Crippen molar-refractivity contribution in [2.75, 3.05) is 13.2 Å². The molecule has 0 fully saturated rings. The lowest BCUT2D eigenvalue weighted by atomic mass is 10.2. The van der Waals surface area contributed by atoms with Gasteiger partial charge in [-0.15, -0.1) is 0 Å². The van der Waals surface area contributed by atoms with E-state index in [0.29, 0.717) is 13.1 Å². The number of halogens is 3. The number of para-hydroxylation sites is 1.